The Hall–Kier alpha value is -2.63. The average Bonchev–Trinajstić information content (AvgIpc) is 2.76. The largest absolute Gasteiger partial charge is 0.508 e. The van der Waals surface area contributed by atoms with Crippen molar-refractivity contribution in [2.24, 2.45) is 5.92 Å². The van der Waals surface area contributed by atoms with Crippen LogP contribution in [0, 0.1) is 11.7 Å². The Morgan fingerprint density at radius 3 is 2.47 bits per heavy atom. The highest BCUT2D eigenvalue weighted by Crippen LogP contribution is 2.33. The van der Waals surface area contributed by atoms with Crippen molar-refractivity contribution < 1.29 is 14.3 Å². The fraction of sp³-hybridized carbons (Fsp3) is 0.240. The number of aromatic hydroxyl groups is 1. The van der Waals surface area contributed by atoms with Gasteiger partial charge in [0, 0.05) is 27.8 Å². The maximum Gasteiger partial charge on any atom is 0.166 e. The van der Waals surface area contributed by atoms with Crippen LogP contribution < -0.4 is 0 Å². The van der Waals surface area contributed by atoms with Crippen molar-refractivity contribution in [3.05, 3.63) is 89.7 Å². The van der Waals surface area contributed by atoms with Gasteiger partial charge in [0.2, 0.25) is 0 Å². The molecule has 1 fully saturated rings. The van der Waals surface area contributed by atoms with Crippen molar-refractivity contribution in [3.8, 4) is 5.75 Å². The zero-order valence-corrected chi connectivity index (χ0v) is 17.4. The Labute approximate surface area is 180 Å². The summed E-state index contributed by atoms with van der Waals surface area (Å²) in [6.45, 7) is 2.56. The van der Waals surface area contributed by atoms with Crippen molar-refractivity contribution in [1.29, 1.82) is 0 Å². The van der Waals surface area contributed by atoms with Gasteiger partial charge in [-0.2, -0.15) is 0 Å². The molecule has 3 aromatic rings. The molecule has 0 aromatic heterocycles. The molecule has 3 aromatic carbocycles. The van der Waals surface area contributed by atoms with Gasteiger partial charge in [0.25, 0.3) is 0 Å². The van der Waals surface area contributed by atoms with Gasteiger partial charge in [-0.25, -0.2) is 4.39 Å². The van der Waals surface area contributed by atoms with Crippen LogP contribution in [0.5, 0.6) is 5.75 Å². The maximum atomic E-state index is 13.1. The minimum Gasteiger partial charge on any atom is -0.508 e. The Bertz CT molecular complexity index is 1010. The number of carbonyl (C=O) groups is 1. The highest BCUT2D eigenvalue weighted by Gasteiger charge is 2.26. The first-order chi connectivity index (χ1) is 14.6. The minimum absolute atomic E-state index is 0.00336. The molecule has 3 nitrogen and oxygen atoms in total. The Balaban J connectivity index is 1.37. The summed E-state index contributed by atoms with van der Waals surface area (Å²) in [6.07, 6.45) is 1.64. The lowest BCUT2D eigenvalue weighted by atomic mass is 9.89. The molecule has 0 amide bonds. The summed E-state index contributed by atoms with van der Waals surface area (Å²) in [5.74, 6) is 0.0760. The number of ketones is 1. The third-order valence-corrected chi connectivity index (χ3v) is 6.61. The SMILES string of the molecule is O=C(c1ccc(F)cc1)C1CCN(Cc2ccccc2Sc2cccc(O)c2)CC1. The molecule has 154 valence electrons. The van der Waals surface area contributed by atoms with E-state index >= 15 is 0 Å². The number of phenols is 1. The molecule has 1 aliphatic rings. The van der Waals surface area contributed by atoms with Crippen molar-refractivity contribution in [2.45, 2.75) is 29.2 Å². The normalized spacial score (nSPS) is 15.2. The van der Waals surface area contributed by atoms with Crippen LogP contribution in [0.3, 0.4) is 0 Å². The summed E-state index contributed by atoms with van der Waals surface area (Å²) in [4.78, 5) is 17.3. The standard InChI is InChI=1S/C25H24FNO2S/c26-21-10-8-18(9-11-21)25(29)19-12-14-27(15-13-19)17-20-4-1-2-7-24(20)30-23-6-3-5-22(28)16-23/h1-11,16,19,28H,12-15,17H2. The topological polar surface area (TPSA) is 40.5 Å². The Kier molecular flexibility index (Phi) is 6.50. The molecule has 5 heteroatoms. The van der Waals surface area contributed by atoms with Crippen LogP contribution in [-0.2, 0) is 6.54 Å². The predicted octanol–water partition coefficient (Wildman–Crippen LogP) is 5.78. The van der Waals surface area contributed by atoms with Gasteiger partial charge in [-0.3, -0.25) is 9.69 Å². The predicted molar refractivity (Wildman–Crippen MR) is 117 cm³/mol. The molecular formula is C25H24FNO2S. The number of likely N-dealkylation sites (tertiary alicyclic amines) is 1. The summed E-state index contributed by atoms with van der Waals surface area (Å²) in [7, 11) is 0. The van der Waals surface area contributed by atoms with Gasteiger partial charge in [0.05, 0.1) is 0 Å². The monoisotopic (exact) mass is 421 g/mol. The number of hydrogen-bond acceptors (Lipinski definition) is 4. The van der Waals surface area contributed by atoms with Crippen molar-refractivity contribution in [3.63, 3.8) is 0 Å². The van der Waals surface area contributed by atoms with E-state index in [0.717, 1.165) is 37.4 Å². The molecule has 0 saturated carbocycles. The number of piperidine rings is 1. The van der Waals surface area contributed by atoms with Gasteiger partial charge < -0.3 is 5.11 Å². The van der Waals surface area contributed by atoms with Crippen LogP contribution in [0.4, 0.5) is 4.39 Å². The molecular weight excluding hydrogens is 397 g/mol. The van der Waals surface area contributed by atoms with Crippen LogP contribution in [0.25, 0.3) is 0 Å². The lowest BCUT2D eigenvalue weighted by molar-refractivity contribution is 0.0834. The maximum absolute atomic E-state index is 13.1. The molecule has 1 N–H and O–H groups in total. The van der Waals surface area contributed by atoms with E-state index in [1.54, 1.807) is 36.0 Å². The summed E-state index contributed by atoms with van der Waals surface area (Å²) in [5.41, 5.74) is 1.84. The fourth-order valence-electron chi connectivity index (χ4n) is 3.85. The number of benzene rings is 3. The van der Waals surface area contributed by atoms with Crippen molar-refractivity contribution >= 4 is 17.5 Å². The van der Waals surface area contributed by atoms with Crippen LogP contribution >= 0.6 is 11.8 Å². The second kappa shape index (κ2) is 9.45. The quantitative estimate of drug-likeness (QED) is 0.513. The molecule has 0 bridgehead atoms. The zero-order valence-electron chi connectivity index (χ0n) is 16.6. The first-order valence-corrected chi connectivity index (χ1v) is 11.0. The van der Waals surface area contributed by atoms with Crippen molar-refractivity contribution in [2.75, 3.05) is 13.1 Å². The summed E-state index contributed by atoms with van der Waals surface area (Å²) >= 11 is 1.65. The molecule has 4 rings (SSSR count). The lowest BCUT2D eigenvalue weighted by Gasteiger charge is -2.31. The molecule has 0 spiro atoms. The number of phenolic OH excluding ortho intramolecular Hbond substituents is 1. The van der Waals surface area contributed by atoms with Gasteiger partial charge in [0.15, 0.2) is 5.78 Å². The van der Waals surface area contributed by atoms with Gasteiger partial charge in [-0.1, -0.05) is 36.0 Å². The van der Waals surface area contributed by atoms with Crippen LogP contribution in [0.2, 0.25) is 0 Å². The van der Waals surface area contributed by atoms with Gasteiger partial charge >= 0.3 is 0 Å². The molecule has 1 heterocycles. The minimum atomic E-state index is -0.316. The zero-order chi connectivity index (χ0) is 20.9. The van der Waals surface area contributed by atoms with E-state index in [0.29, 0.717) is 5.56 Å². The van der Waals surface area contributed by atoms with E-state index in [2.05, 4.69) is 17.0 Å². The van der Waals surface area contributed by atoms with E-state index in [-0.39, 0.29) is 23.3 Å². The Morgan fingerprint density at radius 1 is 1.00 bits per heavy atom. The summed E-state index contributed by atoms with van der Waals surface area (Å²) < 4.78 is 13.1. The van der Waals surface area contributed by atoms with E-state index in [1.807, 2.05) is 24.3 Å². The first kappa shape index (κ1) is 20.6. The fourth-order valence-corrected chi connectivity index (χ4v) is 4.84. The van der Waals surface area contributed by atoms with Crippen LogP contribution in [0.15, 0.2) is 82.6 Å². The molecule has 1 saturated heterocycles. The van der Waals surface area contributed by atoms with Gasteiger partial charge in [-0.05, 0) is 80.0 Å². The summed E-state index contributed by atoms with van der Waals surface area (Å²) in [5, 5.41) is 9.72. The molecule has 30 heavy (non-hydrogen) atoms. The molecule has 1 aliphatic heterocycles. The first-order valence-electron chi connectivity index (χ1n) is 10.2. The average molecular weight is 422 g/mol. The molecule has 0 unspecified atom stereocenters. The van der Waals surface area contributed by atoms with Crippen LogP contribution in [0.1, 0.15) is 28.8 Å². The number of Topliss-reactive ketones (excluding diaryl/α,β-unsaturated/α-hetero) is 1. The number of halogens is 1. The number of rotatable bonds is 6. The third-order valence-electron chi connectivity index (χ3n) is 5.50. The number of carbonyl (C=O) groups excluding carboxylic acids is 1. The second-order valence-corrected chi connectivity index (χ2v) is 8.74. The van der Waals surface area contributed by atoms with E-state index in [1.165, 1.54) is 22.6 Å². The van der Waals surface area contributed by atoms with E-state index < -0.39 is 0 Å². The van der Waals surface area contributed by atoms with E-state index in [4.69, 9.17) is 0 Å². The van der Waals surface area contributed by atoms with Crippen LogP contribution in [-0.4, -0.2) is 28.9 Å². The molecule has 0 aliphatic carbocycles. The van der Waals surface area contributed by atoms with Gasteiger partial charge in [-0.15, -0.1) is 0 Å². The summed E-state index contributed by atoms with van der Waals surface area (Å²) in [6, 6.07) is 21.5. The number of nitrogens with zero attached hydrogens (tertiary/aromatic N) is 1. The lowest BCUT2D eigenvalue weighted by Crippen LogP contribution is -2.36. The smallest absolute Gasteiger partial charge is 0.166 e. The number of hydrogen-bond donors (Lipinski definition) is 1. The Morgan fingerprint density at radius 2 is 1.73 bits per heavy atom. The second-order valence-electron chi connectivity index (χ2n) is 7.63. The highest BCUT2D eigenvalue weighted by molar-refractivity contribution is 7.99. The van der Waals surface area contributed by atoms with Gasteiger partial charge in [0.1, 0.15) is 11.6 Å². The highest BCUT2D eigenvalue weighted by atomic mass is 32.2. The van der Waals surface area contributed by atoms with Crippen molar-refractivity contribution in [1.82, 2.24) is 4.90 Å². The molecule has 0 radical (unpaired) electrons. The van der Waals surface area contributed by atoms with E-state index in [9.17, 15) is 14.3 Å². The third kappa shape index (κ3) is 5.10. The molecule has 0 atom stereocenters.